The molecule has 0 aliphatic carbocycles. The second kappa shape index (κ2) is 8.81. The number of rotatable bonds is 6. The molecule has 0 fully saturated rings. The summed E-state index contributed by atoms with van der Waals surface area (Å²) in [7, 11) is 1.55. The first kappa shape index (κ1) is 19.9. The van der Waals surface area contributed by atoms with Crippen LogP contribution in [0.25, 0.3) is 0 Å². The Morgan fingerprint density at radius 2 is 1.89 bits per heavy atom. The van der Waals surface area contributed by atoms with Gasteiger partial charge in [0.15, 0.2) is 0 Å². The van der Waals surface area contributed by atoms with Gasteiger partial charge in [0, 0.05) is 35.9 Å². The number of likely N-dealkylation sites (N-methyl/N-ethyl adjacent to an activating group) is 1. The van der Waals surface area contributed by atoms with E-state index in [9.17, 15) is 28.5 Å². The van der Waals surface area contributed by atoms with Gasteiger partial charge in [-0.3, -0.25) is 35.5 Å². The molecule has 2 N–H and O–H groups in total. The molecule has 0 bridgehead atoms. The van der Waals surface area contributed by atoms with Crippen LogP contribution in [0.5, 0.6) is 0 Å². The number of amides is 2. The van der Waals surface area contributed by atoms with Crippen LogP contribution in [0.1, 0.15) is 15.9 Å². The standard InChI is InChI=1S/C17H16F2N4O4/c1-22(9-12-5-6-13(18)8-15(12)19)10-16(24)20-21-17(25)11-3-2-4-14(7-11)23(26)27/h2-8H,9-10H2,1H3,(H,20,24)(H,21,25). The number of benzene rings is 2. The van der Waals surface area contributed by atoms with Crippen LogP contribution < -0.4 is 10.9 Å². The Morgan fingerprint density at radius 3 is 2.56 bits per heavy atom. The monoisotopic (exact) mass is 378 g/mol. The highest BCUT2D eigenvalue weighted by Crippen LogP contribution is 2.13. The van der Waals surface area contributed by atoms with Gasteiger partial charge in [0.1, 0.15) is 11.6 Å². The minimum absolute atomic E-state index is 0.00578. The van der Waals surface area contributed by atoms with Gasteiger partial charge in [0.05, 0.1) is 11.5 Å². The highest BCUT2D eigenvalue weighted by atomic mass is 19.1. The summed E-state index contributed by atoms with van der Waals surface area (Å²) in [5.74, 6) is -2.72. The summed E-state index contributed by atoms with van der Waals surface area (Å²) in [6.45, 7) is -0.121. The van der Waals surface area contributed by atoms with E-state index in [4.69, 9.17) is 0 Å². The third kappa shape index (κ3) is 5.82. The van der Waals surface area contributed by atoms with Crippen molar-refractivity contribution in [3.05, 3.63) is 75.3 Å². The molecular formula is C17H16F2N4O4. The Bertz CT molecular complexity index is 876. The van der Waals surface area contributed by atoms with E-state index in [2.05, 4.69) is 10.9 Å². The fourth-order valence-corrected chi connectivity index (χ4v) is 2.24. The van der Waals surface area contributed by atoms with E-state index in [1.165, 1.54) is 29.2 Å². The summed E-state index contributed by atoms with van der Waals surface area (Å²) in [5.41, 5.74) is 4.27. The van der Waals surface area contributed by atoms with E-state index < -0.39 is 28.4 Å². The number of nitrogens with one attached hydrogen (secondary N) is 2. The van der Waals surface area contributed by atoms with E-state index in [1.807, 2.05) is 0 Å². The Kier molecular flexibility index (Phi) is 6.50. The van der Waals surface area contributed by atoms with Crippen molar-refractivity contribution >= 4 is 17.5 Å². The van der Waals surface area contributed by atoms with Gasteiger partial charge >= 0.3 is 0 Å². The van der Waals surface area contributed by atoms with Crippen LogP contribution in [-0.4, -0.2) is 35.2 Å². The molecule has 0 saturated carbocycles. The lowest BCUT2D eigenvalue weighted by Gasteiger charge is -2.17. The minimum atomic E-state index is -0.723. The average Bonchev–Trinajstić information content (AvgIpc) is 2.62. The van der Waals surface area contributed by atoms with Crippen molar-refractivity contribution in [1.82, 2.24) is 15.8 Å². The van der Waals surface area contributed by atoms with Crippen LogP contribution in [0.3, 0.4) is 0 Å². The van der Waals surface area contributed by atoms with E-state index in [0.29, 0.717) is 0 Å². The smallest absolute Gasteiger partial charge is 0.270 e. The van der Waals surface area contributed by atoms with Crippen molar-refractivity contribution in [1.29, 1.82) is 0 Å². The summed E-state index contributed by atoms with van der Waals surface area (Å²) in [6, 6.07) is 8.17. The highest BCUT2D eigenvalue weighted by Gasteiger charge is 2.14. The van der Waals surface area contributed by atoms with E-state index in [1.54, 1.807) is 7.05 Å². The number of hydrogen-bond acceptors (Lipinski definition) is 5. The number of hydrogen-bond donors (Lipinski definition) is 2. The lowest BCUT2D eigenvalue weighted by Crippen LogP contribution is -2.45. The molecule has 0 aliphatic rings. The molecule has 2 rings (SSSR count). The van der Waals surface area contributed by atoms with Crippen LogP contribution in [0, 0.1) is 21.7 Å². The molecule has 10 heteroatoms. The number of non-ortho nitro benzene ring substituents is 1. The summed E-state index contributed by atoms with van der Waals surface area (Å²) < 4.78 is 26.5. The van der Waals surface area contributed by atoms with Gasteiger partial charge in [-0.2, -0.15) is 0 Å². The number of carbonyl (C=O) groups excluding carboxylic acids is 2. The molecule has 0 radical (unpaired) electrons. The maximum Gasteiger partial charge on any atom is 0.270 e. The van der Waals surface area contributed by atoms with Gasteiger partial charge in [0.25, 0.3) is 17.5 Å². The van der Waals surface area contributed by atoms with Crippen LogP contribution >= 0.6 is 0 Å². The molecule has 0 aromatic heterocycles. The Morgan fingerprint density at radius 1 is 1.15 bits per heavy atom. The molecule has 0 saturated heterocycles. The minimum Gasteiger partial charge on any atom is -0.293 e. The van der Waals surface area contributed by atoms with E-state index >= 15 is 0 Å². The average molecular weight is 378 g/mol. The summed E-state index contributed by atoms with van der Waals surface area (Å²) in [4.78, 5) is 35.3. The predicted octanol–water partition coefficient (Wildman–Crippen LogP) is 1.77. The molecule has 0 spiro atoms. The van der Waals surface area contributed by atoms with Crippen LogP contribution in [-0.2, 0) is 11.3 Å². The van der Waals surface area contributed by atoms with Crippen molar-refractivity contribution in [3.8, 4) is 0 Å². The van der Waals surface area contributed by atoms with Gasteiger partial charge in [-0.25, -0.2) is 8.78 Å². The number of nitro benzene ring substituents is 1. The van der Waals surface area contributed by atoms with Gasteiger partial charge in [-0.15, -0.1) is 0 Å². The quantitative estimate of drug-likeness (QED) is 0.589. The summed E-state index contributed by atoms with van der Waals surface area (Å²) >= 11 is 0. The Labute approximate surface area is 152 Å². The normalized spacial score (nSPS) is 10.5. The fraction of sp³-hybridized carbons (Fsp3) is 0.176. The molecule has 2 aromatic rings. The molecule has 0 atom stereocenters. The zero-order chi connectivity index (χ0) is 20.0. The lowest BCUT2D eigenvalue weighted by atomic mass is 10.2. The van der Waals surface area contributed by atoms with Crippen LogP contribution in [0.15, 0.2) is 42.5 Å². The van der Waals surface area contributed by atoms with Gasteiger partial charge in [0.2, 0.25) is 0 Å². The zero-order valence-electron chi connectivity index (χ0n) is 14.2. The second-order valence-corrected chi connectivity index (χ2v) is 5.72. The van der Waals surface area contributed by atoms with Crippen molar-refractivity contribution < 1.29 is 23.3 Å². The van der Waals surface area contributed by atoms with Gasteiger partial charge in [-0.05, 0) is 19.2 Å². The molecule has 8 nitrogen and oxygen atoms in total. The number of hydrazine groups is 1. The summed E-state index contributed by atoms with van der Waals surface area (Å²) in [6.07, 6.45) is 0. The molecule has 27 heavy (non-hydrogen) atoms. The molecule has 2 amide bonds. The third-order valence-corrected chi connectivity index (χ3v) is 3.50. The number of nitrogens with zero attached hydrogens (tertiary/aromatic N) is 2. The lowest BCUT2D eigenvalue weighted by molar-refractivity contribution is -0.384. The predicted molar refractivity (Wildman–Crippen MR) is 91.4 cm³/mol. The maximum atomic E-state index is 13.6. The van der Waals surface area contributed by atoms with Crippen LogP contribution in [0.2, 0.25) is 0 Å². The maximum absolute atomic E-state index is 13.6. The second-order valence-electron chi connectivity index (χ2n) is 5.72. The first-order valence-electron chi connectivity index (χ1n) is 7.72. The highest BCUT2D eigenvalue weighted by molar-refractivity contribution is 5.96. The Balaban J connectivity index is 1.85. The van der Waals surface area contributed by atoms with Crippen LogP contribution in [0.4, 0.5) is 14.5 Å². The van der Waals surface area contributed by atoms with Crippen molar-refractivity contribution in [2.75, 3.05) is 13.6 Å². The Hall–Kier alpha value is -3.40. The molecular weight excluding hydrogens is 362 g/mol. The van der Waals surface area contributed by atoms with Crippen molar-refractivity contribution in [3.63, 3.8) is 0 Å². The van der Waals surface area contributed by atoms with E-state index in [-0.39, 0.29) is 29.9 Å². The number of carbonyl (C=O) groups is 2. The molecule has 2 aromatic carbocycles. The summed E-state index contributed by atoms with van der Waals surface area (Å²) in [5, 5.41) is 10.7. The molecule has 0 unspecified atom stereocenters. The van der Waals surface area contributed by atoms with E-state index in [0.717, 1.165) is 18.2 Å². The number of halogens is 2. The molecule has 0 heterocycles. The first-order valence-corrected chi connectivity index (χ1v) is 7.72. The SMILES string of the molecule is CN(CC(=O)NNC(=O)c1cccc([N+](=O)[O-])c1)Cc1ccc(F)cc1F. The largest absolute Gasteiger partial charge is 0.293 e. The number of nitro groups is 1. The zero-order valence-corrected chi connectivity index (χ0v) is 14.2. The molecule has 0 aliphatic heterocycles. The first-order chi connectivity index (χ1) is 12.8. The molecule has 142 valence electrons. The third-order valence-electron chi connectivity index (χ3n) is 3.50. The van der Waals surface area contributed by atoms with Gasteiger partial charge < -0.3 is 0 Å². The van der Waals surface area contributed by atoms with Crippen molar-refractivity contribution in [2.24, 2.45) is 0 Å². The fourth-order valence-electron chi connectivity index (χ4n) is 2.24. The van der Waals surface area contributed by atoms with Gasteiger partial charge in [-0.1, -0.05) is 12.1 Å². The van der Waals surface area contributed by atoms with Crippen molar-refractivity contribution in [2.45, 2.75) is 6.54 Å². The topological polar surface area (TPSA) is 105 Å².